The number of hydrogen-bond donors (Lipinski definition) is 1. The largest absolute Gasteiger partial charge is 0.480 e. The quantitative estimate of drug-likeness (QED) is 0.846. The highest BCUT2D eigenvalue weighted by Crippen LogP contribution is 2.25. The molecule has 1 amide bonds. The second-order valence-electron chi connectivity index (χ2n) is 3.49. The van der Waals surface area contributed by atoms with Crippen LogP contribution in [0.25, 0.3) is 0 Å². The van der Waals surface area contributed by atoms with Gasteiger partial charge in [0.2, 0.25) is 5.91 Å². The first-order chi connectivity index (χ1) is 7.59. The zero-order valence-electron chi connectivity index (χ0n) is 8.26. The summed E-state index contributed by atoms with van der Waals surface area (Å²) in [6, 6.07) is 2.30. The minimum atomic E-state index is -1.01. The van der Waals surface area contributed by atoms with Crippen LogP contribution in [0.1, 0.15) is 12.8 Å². The molecule has 0 bridgehead atoms. The maximum absolute atomic E-state index is 11.6. The highest BCUT2D eigenvalue weighted by Gasteiger charge is 2.37. The molecule has 5 nitrogen and oxygen atoms in total. The van der Waals surface area contributed by atoms with Gasteiger partial charge >= 0.3 is 5.97 Å². The van der Waals surface area contributed by atoms with Gasteiger partial charge < -0.3 is 5.11 Å². The van der Waals surface area contributed by atoms with Gasteiger partial charge in [-0.25, -0.2) is 9.78 Å². The van der Waals surface area contributed by atoms with E-state index < -0.39 is 12.0 Å². The average molecular weight is 241 g/mol. The van der Waals surface area contributed by atoms with Crippen LogP contribution >= 0.6 is 11.6 Å². The van der Waals surface area contributed by atoms with Crippen molar-refractivity contribution in [1.29, 1.82) is 0 Å². The Morgan fingerprint density at radius 2 is 2.31 bits per heavy atom. The van der Waals surface area contributed by atoms with Crippen molar-refractivity contribution in [3.63, 3.8) is 0 Å². The topological polar surface area (TPSA) is 70.5 Å². The van der Waals surface area contributed by atoms with Crippen LogP contribution in [-0.2, 0) is 9.59 Å². The number of aliphatic carboxylic acids is 1. The molecule has 6 heteroatoms. The van der Waals surface area contributed by atoms with E-state index in [1.54, 1.807) is 12.1 Å². The third kappa shape index (κ3) is 1.86. The Labute approximate surface area is 96.7 Å². The van der Waals surface area contributed by atoms with E-state index in [2.05, 4.69) is 4.98 Å². The van der Waals surface area contributed by atoms with Crippen molar-refractivity contribution < 1.29 is 14.7 Å². The van der Waals surface area contributed by atoms with Crippen LogP contribution in [0.15, 0.2) is 18.3 Å². The lowest BCUT2D eigenvalue weighted by atomic mass is 10.2. The fraction of sp³-hybridized carbons (Fsp3) is 0.300. The number of pyridine rings is 1. The van der Waals surface area contributed by atoms with Gasteiger partial charge in [-0.05, 0) is 18.6 Å². The number of anilines is 1. The number of rotatable bonds is 2. The second-order valence-corrected chi connectivity index (χ2v) is 3.93. The number of amides is 1. The van der Waals surface area contributed by atoms with E-state index in [0.29, 0.717) is 17.3 Å². The molecule has 0 unspecified atom stereocenters. The van der Waals surface area contributed by atoms with Crippen molar-refractivity contribution in [3.8, 4) is 0 Å². The fourth-order valence-corrected chi connectivity index (χ4v) is 1.83. The Morgan fingerprint density at radius 3 is 2.88 bits per heavy atom. The number of carbonyl (C=O) groups is 2. The minimum Gasteiger partial charge on any atom is -0.480 e. The predicted molar refractivity (Wildman–Crippen MR) is 57.4 cm³/mol. The van der Waals surface area contributed by atoms with Gasteiger partial charge in [0, 0.05) is 12.6 Å². The van der Waals surface area contributed by atoms with E-state index in [4.69, 9.17) is 16.7 Å². The van der Waals surface area contributed by atoms with Gasteiger partial charge in [-0.15, -0.1) is 0 Å². The number of carboxylic acid groups (broad SMARTS) is 1. The Balaban J connectivity index is 2.33. The summed E-state index contributed by atoms with van der Waals surface area (Å²) in [4.78, 5) is 27.7. The minimum absolute atomic E-state index is 0.220. The van der Waals surface area contributed by atoms with Crippen LogP contribution in [0, 0.1) is 0 Å². The summed E-state index contributed by atoms with van der Waals surface area (Å²) in [7, 11) is 0. The second kappa shape index (κ2) is 4.09. The number of halogens is 1. The van der Waals surface area contributed by atoms with Crippen molar-refractivity contribution in [1.82, 2.24) is 4.98 Å². The van der Waals surface area contributed by atoms with Gasteiger partial charge in [-0.2, -0.15) is 0 Å². The molecule has 2 heterocycles. The lowest BCUT2D eigenvalue weighted by molar-refractivity contribution is -0.138. The van der Waals surface area contributed by atoms with Crippen molar-refractivity contribution in [2.45, 2.75) is 18.9 Å². The van der Waals surface area contributed by atoms with E-state index in [-0.39, 0.29) is 12.3 Å². The summed E-state index contributed by atoms with van der Waals surface area (Å²) in [5, 5.41) is 9.42. The number of carboxylic acids is 1. The zero-order valence-corrected chi connectivity index (χ0v) is 9.02. The van der Waals surface area contributed by atoms with Crippen molar-refractivity contribution in [2.24, 2.45) is 0 Å². The van der Waals surface area contributed by atoms with Crippen LogP contribution in [0.5, 0.6) is 0 Å². The van der Waals surface area contributed by atoms with Crippen LogP contribution in [-0.4, -0.2) is 28.0 Å². The highest BCUT2D eigenvalue weighted by molar-refractivity contribution is 6.30. The van der Waals surface area contributed by atoms with Crippen LogP contribution < -0.4 is 4.90 Å². The molecule has 16 heavy (non-hydrogen) atoms. The Hall–Kier alpha value is -1.62. The lowest BCUT2D eigenvalue weighted by Crippen LogP contribution is -2.39. The summed E-state index contributed by atoms with van der Waals surface area (Å²) in [6.45, 7) is 0. The van der Waals surface area contributed by atoms with E-state index >= 15 is 0 Å². The third-order valence-corrected chi connectivity index (χ3v) is 2.68. The molecule has 0 spiro atoms. The van der Waals surface area contributed by atoms with Crippen LogP contribution in [0.3, 0.4) is 0 Å². The number of nitrogens with zero attached hydrogens (tertiary/aromatic N) is 2. The molecular formula is C10H9ClN2O3. The van der Waals surface area contributed by atoms with Crippen molar-refractivity contribution >= 4 is 29.3 Å². The van der Waals surface area contributed by atoms with E-state index in [0.717, 1.165) is 0 Å². The van der Waals surface area contributed by atoms with Gasteiger partial charge in [0.15, 0.2) is 0 Å². The Morgan fingerprint density at radius 1 is 1.56 bits per heavy atom. The molecule has 84 valence electrons. The van der Waals surface area contributed by atoms with Crippen molar-refractivity contribution in [3.05, 3.63) is 23.4 Å². The predicted octanol–water partition coefficient (Wildman–Crippen LogP) is 1.31. The third-order valence-electron chi connectivity index (χ3n) is 2.46. The van der Waals surface area contributed by atoms with E-state index in [1.807, 2.05) is 0 Å². The molecule has 1 N–H and O–H groups in total. The molecule has 1 aliphatic heterocycles. The van der Waals surface area contributed by atoms with Gasteiger partial charge in [-0.3, -0.25) is 9.69 Å². The van der Waals surface area contributed by atoms with E-state index in [1.165, 1.54) is 11.1 Å². The number of carbonyl (C=O) groups excluding carboxylic acids is 1. The summed E-state index contributed by atoms with van der Waals surface area (Å²) in [5.74, 6) is -0.899. The summed E-state index contributed by atoms with van der Waals surface area (Å²) in [5.41, 5.74) is 0. The SMILES string of the molecule is O=C(O)[C@@H]1CCC(=O)N1c1ccc(Cl)cn1. The monoisotopic (exact) mass is 240 g/mol. The van der Waals surface area contributed by atoms with Gasteiger partial charge in [0.05, 0.1) is 5.02 Å². The standard InChI is InChI=1S/C10H9ClN2O3/c11-6-1-3-8(12-5-6)13-7(10(15)16)2-4-9(13)14/h1,3,5,7H,2,4H2,(H,15,16)/t7-/m0/s1. The smallest absolute Gasteiger partial charge is 0.326 e. The summed E-state index contributed by atoms with van der Waals surface area (Å²) in [6.07, 6.45) is 1.95. The first-order valence-electron chi connectivity index (χ1n) is 4.76. The molecule has 1 aromatic heterocycles. The number of hydrogen-bond acceptors (Lipinski definition) is 3. The molecule has 0 radical (unpaired) electrons. The molecule has 0 saturated carbocycles. The maximum atomic E-state index is 11.6. The highest BCUT2D eigenvalue weighted by atomic mass is 35.5. The summed E-state index contributed by atoms with van der Waals surface area (Å²) < 4.78 is 0. The molecule has 1 atom stereocenters. The first-order valence-corrected chi connectivity index (χ1v) is 5.14. The van der Waals surface area contributed by atoms with Gasteiger partial charge in [0.1, 0.15) is 11.9 Å². The Kier molecular flexibility index (Phi) is 2.78. The average Bonchev–Trinajstić information content (AvgIpc) is 2.62. The molecule has 1 saturated heterocycles. The molecule has 2 rings (SSSR count). The molecule has 0 aromatic carbocycles. The first kappa shape index (κ1) is 10.9. The molecule has 0 aliphatic carbocycles. The zero-order chi connectivity index (χ0) is 11.7. The van der Waals surface area contributed by atoms with Gasteiger partial charge in [0.25, 0.3) is 0 Å². The lowest BCUT2D eigenvalue weighted by Gasteiger charge is -2.20. The molecular weight excluding hydrogens is 232 g/mol. The normalized spacial score (nSPS) is 20.2. The Bertz CT molecular complexity index is 432. The summed E-state index contributed by atoms with van der Waals surface area (Å²) >= 11 is 5.67. The molecule has 1 aromatic rings. The molecule has 1 aliphatic rings. The number of aromatic nitrogens is 1. The van der Waals surface area contributed by atoms with Crippen molar-refractivity contribution in [2.75, 3.05) is 4.90 Å². The maximum Gasteiger partial charge on any atom is 0.326 e. The van der Waals surface area contributed by atoms with Crippen LogP contribution in [0.2, 0.25) is 5.02 Å². The van der Waals surface area contributed by atoms with Crippen LogP contribution in [0.4, 0.5) is 5.82 Å². The molecule has 1 fully saturated rings. The van der Waals surface area contributed by atoms with Gasteiger partial charge in [-0.1, -0.05) is 11.6 Å². The fourth-order valence-electron chi connectivity index (χ4n) is 1.72. The van der Waals surface area contributed by atoms with E-state index in [9.17, 15) is 9.59 Å².